The standard InChI is InChI=1S/C16H14N4OS/c21-12-6-2-1-4-10(12)8-19-20-15-14-11-5-3-7-13(11)22-16(14)18-9-17-15/h1-2,4,6,8-9,21H,3,5,7H2,(H,17,18,20)/b19-8-. The predicted octanol–water partition coefficient (Wildman–Crippen LogP) is 3.33. The van der Waals surface area contributed by atoms with Crippen molar-refractivity contribution in [2.45, 2.75) is 19.3 Å². The number of aromatic nitrogens is 2. The lowest BCUT2D eigenvalue weighted by Crippen LogP contribution is -1.96. The zero-order chi connectivity index (χ0) is 14.9. The minimum absolute atomic E-state index is 0.206. The fourth-order valence-electron chi connectivity index (χ4n) is 2.77. The lowest BCUT2D eigenvalue weighted by atomic mass is 10.2. The van der Waals surface area contributed by atoms with E-state index in [9.17, 15) is 5.11 Å². The number of para-hydroxylation sites is 1. The summed E-state index contributed by atoms with van der Waals surface area (Å²) in [6, 6.07) is 7.08. The van der Waals surface area contributed by atoms with E-state index in [2.05, 4.69) is 20.5 Å². The van der Waals surface area contributed by atoms with E-state index in [0.29, 0.717) is 5.56 Å². The molecule has 6 heteroatoms. The van der Waals surface area contributed by atoms with E-state index in [4.69, 9.17) is 0 Å². The smallest absolute Gasteiger partial charge is 0.158 e. The molecule has 0 aliphatic heterocycles. The molecule has 5 nitrogen and oxygen atoms in total. The van der Waals surface area contributed by atoms with Gasteiger partial charge in [0.2, 0.25) is 0 Å². The molecule has 110 valence electrons. The van der Waals surface area contributed by atoms with Crippen molar-refractivity contribution in [2.75, 3.05) is 5.43 Å². The second kappa shape index (κ2) is 5.38. The predicted molar refractivity (Wildman–Crippen MR) is 88.8 cm³/mol. The first kappa shape index (κ1) is 13.2. The third-order valence-corrected chi connectivity index (χ3v) is 5.01. The molecule has 1 aliphatic carbocycles. The Bertz CT molecular complexity index is 872. The van der Waals surface area contributed by atoms with Crippen LogP contribution in [0.5, 0.6) is 5.75 Å². The van der Waals surface area contributed by atoms with Crippen molar-refractivity contribution >= 4 is 33.6 Å². The summed E-state index contributed by atoms with van der Waals surface area (Å²) in [6.07, 6.45) is 6.58. The van der Waals surface area contributed by atoms with Gasteiger partial charge in [0.15, 0.2) is 5.82 Å². The van der Waals surface area contributed by atoms with Crippen molar-refractivity contribution in [2.24, 2.45) is 5.10 Å². The summed E-state index contributed by atoms with van der Waals surface area (Å²) < 4.78 is 0. The summed E-state index contributed by atoms with van der Waals surface area (Å²) in [7, 11) is 0. The van der Waals surface area contributed by atoms with E-state index >= 15 is 0 Å². The molecular formula is C16H14N4OS. The summed E-state index contributed by atoms with van der Waals surface area (Å²) in [6.45, 7) is 0. The van der Waals surface area contributed by atoms with Gasteiger partial charge < -0.3 is 5.11 Å². The van der Waals surface area contributed by atoms with E-state index in [1.54, 1.807) is 42.1 Å². The first-order valence-electron chi connectivity index (χ1n) is 7.15. The molecule has 2 aromatic heterocycles. The molecular weight excluding hydrogens is 296 g/mol. The number of anilines is 1. The maximum Gasteiger partial charge on any atom is 0.158 e. The number of hydrazone groups is 1. The number of benzene rings is 1. The second-order valence-electron chi connectivity index (χ2n) is 5.19. The van der Waals surface area contributed by atoms with Crippen LogP contribution in [0, 0.1) is 0 Å². The van der Waals surface area contributed by atoms with Gasteiger partial charge in [0.1, 0.15) is 16.9 Å². The van der Waals surface area contributed by atoms with Crippen LogP contribution < -0.4 is 5.43 Å². The van der Waals surface area contributed by atoms with E-state index in [0.717, 1.165) is 28.9 Å². The topological polar surface area (TPSA) is 70.4 Å². The zero-order valence-corrected chi connectivity index (χ0v) is 12.6. The van der Waals surface area contributed by atoms with E-state index in [-0.39, 0.29) is 5.75 Å². The Balaban J connectivity index is 1.66. The molecule has 2 heterocycles. The number of hydrogen-bond acceptors (Lipinski definition) is 6. The highest BCUT2D eigenvalue weighted by Gasteiger charge is 2.20. The molecule has 3 aromatic rings. The highest BCUT2D eigenvalue weighted by Crippen LogP contribution is 2.38. The average Bonchev–Trinajstić information content (AvgIpc) is 3.10. The van der Waals surface area contributed by atoms with Crippen molar-refractivity contribution in [1.29, 1.82) is 0 Å². The van der Waals surface area contributed by atoms with Crippen LogP contribution in [0.1, 0.15) is 22.4 Å². The van der Waals surface area contributed by atoms with Gasteiger partial charge in [-0.1, -0.05) is 12.1 Å². The zero-order valence-electron chi connectivity index (χ0n) is 11.8. The summed E-state index contributed by atoms with van der Waals surface area (Å²) in [5.74, 6) is 0.938. The number of rotatable bonds is 3. The third-order valence-electron chi connectivity index (χ3n) is 3.81. The van der Waals surface area contributed by atoms with Gasteiger partial charge in [-0.25, -0.2) is 9.97 Å². The Kier molecular flexibility index (Phi) is 3.23. The lowest BCUT2D eigenvalue weighted by molar-refractivity contribution is 0.474. The van der Waals surface area contributed by atoms with E-state index in [1.807, 2.05) is 6.07 Å². The number of aromatic hydroxyl groups is 1. The first-order chi connectivity index (χ1) is 10.8. The third kappa shape index (κ3) is 2.21. The summed E-state index contributed by atoms with van der Waals surface area (Å²) >= 11 is 1.75. The summed E-state index contributed by atoms with van der Waals surface area (Å²) in [4.78, 5) is 11.1. The Morgan fingerprint density at radius 1 is 1.23 bits per heavy atom. The van der Waals surface area contributed by atoms with Crippen LogP contribution in [0.4, 0.5) is 5.82 Å². The first-order valence-corrected chi connectivity index (χ1v) is 7.97. The Hall–Kier alpha value is -2.47. The van der Waals surface area contributed by atoms with Crippen LogP contribution in [0.3, 0.4) is 0 Å². The van der Waals surface area contributed by atoms with Crippen LogP contribution in [0.2, 0.25) is 0 Å². The van der Waals surface area contributed by atoms with Crippen molar-refractivity contribution in [1.82, 2.24) is 9.97 Å². The molecule has 0 bridgehead atoms. The minimum Gasteiger partial charge on any atom is -0.507 e. The molecule has 0 fully saturated rings. The Morgan fingerprint density at radius 2 is 2.14 bits per heavy atom. The maximum absolute atomic E-state index is 9.73. The normalized spacial score (nSPS) is 13.8. The van der Waals surface area contributed by atoms with E-state index in [1.165, 1.54) is 16.9 Å². The Labute approximate surface area is 131 Å². The van der Waals surface area contributed by atoms with Crippen molar-refractivity contribution in [3.63, 3.8) is 0 Å². The molecule has 22 heavy (non-hydrogen) atoms. The molecule has 2 N–H and O–H groups in total. The van der Waals surface area contributed by atoms with Crippen molar-refractivity contribution in [3.8, 4) is 5.75 Å². The summed E-state index contributed by atoms with van der Waals surface area (Å²) in [5.41, 5.74) is 5.02. The highest BCUT2D eigenvalue weighted by molar-refractivity contribution is 7.19. The number of phenols is 1. The number of hydrogen-bond donors (Lipinski definition) is 2. The molecule has 0 unspecified atom stereocenters. The van der Waals surface area contributed by atoms with Crippen molar-refractivity contribution < 1.29 is 5.11 Å². The van der Waals surface area contributed by atoms with Gasteiger partial charge in [-0.15, -0.1) is 11.3 Å². The van der Waals surface area contributed by atoms with Gasteiger partial charge >= 0.3 is 0 Å². The van der Waals surface area contributed by atoms with E-state index < -0.39 is 0 Å². The molecule has 0 amide bonds. The fraction of sp³-hybridized carbons (Fsp3) is 0.188. The average molecular weight is 310 g/mol. The van der Waals surface area contributed by atoms with Crippen LogP contribution >= 0.6 is 11.3 Å². The quantitative estimate of drug-likeness (QED) is 0.575. The monoisotopic (exact) mass is 310 g/mol. The maximum atomic E-state index is 9.73. The SMILES string of the molecule is Oc1ccccc1/C=N\Nc1ncnc2sc3c(c12)CCC3. The number of fused-ring (bicyclic) bond motifs is 3. The van der Waals surface area contributed by atoms with Gasteiger partial charge in [-0.3, -0.25) is 5.43 Å². The molecule has 0 radical (unpaired) electrons. The van der Waals surface area contributed by atoms with Crippen LogP contribution in [-0.4, -0.2) is 21.3 Å². The van der Waals surface area contributed by atoms with Crippen LogP contribution in [0.15, 0.2) is 35.7 Å². The minimum atomic E-state index is 0.206. The van der Waals surface area contributed by atoms with Gasteiger partial charge in [-0.05, 0) is 37.0 Å². The molecule has 1 aliphatic rings. The highest BCUT2D eigenvalue weighted by atomic mass is 32.1. The molecule has 0 saturated heterocycles. The van der Waals surface area contributed by atoms with Crippen LogP contribution in [0.25, 0.3) is 10.2 Å². The molecule has 1 aromatic carbocycles. The Morgan fingerprint density at radius 3 is 3.05 bits per heavy atom. The van der Waals surface area contributed by atoms with Crippen molar-refractivity contribution in [3.05, 3.63) is 46.6 Å². The van der Waals surface area contributed by atoms with Gasteiger partial charge in [0.05, 0.1) is 11.6 Å². The molecule has 0 atom stereocenters. The molecule has 0 spiro atoms. The number of aryl methyl sites for hydroxylation is 2. The largest absolute Gasteiger partial charge is 0.507 e. The van der Waals surface area contributed by atoms with Gasteiger partial charge in [0, 0.05) is 10.4 Å². The second-order valence-corrected chi connectivity index (χ2v) is 6.27. The molecule has 0 saturated carbocycles. The van der Waals surface area contributed by atoms with Crippen LogP contribution in [-0.2, 0) is 12.8 Å². The fourth-order valence-corrected chi connectivity index (χ4v) is 4.00. The number of nitrogens with one attached hydrogen (secondary N) is 1. The van der Waals surface area contributed by atoms with Gasteiger partial charge in [-0.2, -0.15) is 5.10 Å². The number of phenolic OH excluding ortho intramolecular Hbond substituents is 1. The summed E-state index contributed by atoms with van der Waals surface area (Å²) in [5, 5.41) is 15.0. The lowest BCUT2D eigenvalue weighted by Gasteiger charge is -2.03. The number of nitrogens with zero attached hydrogens (tertiary/aromatic N) is 3. The molecule has 4 rings (SSSR count). The van der Waals surface area contributed by atoms with Gasteiger partial charge in [0.25, 0.3) is 0 Å². The number of thiophene rings is 1.